The fourth-order valence-electron chi connectivity index (χ4n) is 1.74. The number of aromatic carboxylic acids is 1. The average Bonchev–Trinajstić information content (AvgIpc) is 2.40. The van der Waals surface area contributed by atoms with Gasteiger partial charge in [-0.2, -0.15) is 0 Å². The zero-order chi connectivity index (χ0) is 13.8. The minimum atomic E-state index is -1.00. The van der Waals surface area contributed by atoms with E-state index in [9.17, 15) is 4.79 Å². The summed E-state index contributed by atoms with van der Waals surface area (Å²) >= 11 is 6.04. The van der Waals surface area contributed by atoms with Crippen molar-refractivity contribution in [2.24, 2.45) is 0 Å². The molecule has 1 aromatic heterocycles. The molecule has 1 aromatic carbocycles. The van der Waals surface area contributed by atoms with Crippen LogP contribution < -0.4 is 5.32 Å². The van der Waals surface area contributed by atoms with Crippen LogP contribution in [0, 0.1) is 6.92 Å². The molecule has 0 radical (unpaired) electrons. The second-order valence-corrected chi connectivity index (χ2v) is 4.49. The lowest BCUT2D eigenvalue weighted by Crippen LogP contribution is -2.08. The molecule has 19 heavy (non-hydrogen) atoms. The van der Waals surface area contributed by atoms with Gasteiger partial charge in [-0.15, -0.1) is 0 Å². The molecule has 0 aliphatic carbocycles. The fraction of sp³-hybridized carbons (Fsp3) is 0.143. The van der Waals surface area contributed by atoms with Crippen molar-refractivity contribution in [3.8, 4) is 0 Å². The van der Waals surface area contributed by atoms with Crippen LogP contribution >= 0.6 is 11.6 Å². The summed E-state index contributed by atoms with van der Waals surface area (Å²) in [6.07, 6.45) is 1.56. The van der Waals surface area contributed by atoms with Crippen LogP contribution in [0.4, 0.5) is 5.82 Å². The first-order valence-electron chi connectivity index (χ1n) is 5.75. The van der Waals surface area contributed by atoms with Gasteiger partial charge in [0.05, 0.1) is 0 Å². The lowest BCUT2D eigenvalue weighted by Gasteiger charge is -2.11. The second-order valence-electron chi connectivity index (χ2n) is 4.08. The van der Waals surface area contributed by atoms with Crippen molar-refractivity contribution in [2.75, 3.05) is 5.32 Å². The Morgan fingerprint density at radius 3 is 2.89 bits per heavy atom. The Kier molecular flexibility index (Phi) is 4.02. The van der Waals surface area contributed by atoms with Crippen LogP contribution in [-0.4, -0.2) is 16.1 Å². The number of rotatable bonds is 4. The molecule has 0 bridgehead atoms. The summed E-state index contributed by atoms with van der Waals surface area (Å²) in [4.78, 5) is 15.1. The predicted octanol–water partition coefficient (Wildman–Crippen LogP) is 3.35. The Morgan fingerprint density at radius 2 is 2.16 bits per heavy atom. The molecule has 0 saturated heterocycles. The minimum absolute atomic E-state index is 0.155. The van der Waals surface area contributed by atoms with Crippen molar-refractivity contribution < 1.29 is 9.90 Å². The summed E-state index contributed by atoms with van der Waals surface area (Å²) < 4.78 is 0. The van der Waals surface area contributed by atoms with E-state index in [-0.39, 0.29) is 5.56 Å². The number of carboxylic acid groups (broad SMARTS) is 1. The molecule has 0 amide bonds. The lowest BCUT2D eigenvalue weighted by molar-refractivity contribution is 0.0697. The smallest absolute Gasteiger partial charge is 0.339 e. The standard InChI is InChI=1S/C14H13ClN2O2/c1-9-10(4-2-6-12(9)15)8-17-13-11(14(18)19)5-3-7-16-13/h2-7H,8H2,1H3,(H,16,17)(H,18,19). The molecule has 0 aliphatic heterocycles. The Labute approximate surface area is 116 Å². The predicted molar refractivity (Wildman–Crippen MR) is 74.7 cm³/mol. The molecule has 0 saturated carbocycles. The number of nitrogens with zero attached hydrogens (tertiary/aromatic N) is 1. The number of pyridine rings is 1. The summed E-state index contributed by atoms with van der Waals surface area (Å²) in [7, 11) is 0. The van der Waals surface area contributed by atoms with E-state index in [2.05, 4.69) is 10.3 Å². The molecule has 1 heterocycles. The number of hydrogen-bond donors (Lipinski definition) is 2. The van der Waals surface area contributed by atoms with Gasteiger partial charge < -0.3 is 10.4 Å². The van der Waals surface area contributed by atoms with Crippen LogP contribution in [0.15, 0.2) is 36.5 Å². The molecule has 2 N–H and O–H groups in total. The van der Waals surface area contributed by atoms with Gasteiger partial charge in [0.2, 0.25) is 0 Å². The van der Waals surface area contributed by atoms with Crippen molar-refractivity contribution in [1.29, 1.82) is 0 Å². The van der Waals surface area contributed by atoms with Gasteiger partial charge in [0, 0.05) is 17.8 Å². The largest absolute Gasteiger partial charge is 0.478 e. The number of anilines is 1. The summed E-state index contributed by atoms with van der Waals surface area (Å²) in [6.45, 7) is 2.40. The van der Waals surface area contributed by atoms with Crippen molar-refractivity contribution in [1.82, 2.24) is 4.98 Å². The molecule has 0 aliphatic rings. The van der Waals surface area contributed by atoms with E-state index < -0.39 is 5.97 Å². The fourth-order valence-corrected chi connectivity index (χ4v) is 1.94. The maximum atomic E-state index is 11.1. The van der Waals surface area contributed by atoms with Gasteiger partial charge in [0.1, 0.15) is 11.4 Å². The SMILES string of the molecule is Cc1c(Cl)cccc1CNc1ncccc1C(=O)O. The monoisotopic (exact) mass is 276 g/mol. The van der Waals surface area contributed by atoms with E-state index in [1.54, 1.807) is 12.3 Å². The Hall–Kier alpha value is -2.07. The molecule has 2 aromatic rings. The van der Waals surface area contributed by atoms with E-state index >= 15 is 0 Å². The highest BCUT2D eigenvalue weighted by atomic mass is 35.5. The summed E-state index contributed by atoms with van der Waals surface area (Å²) in [5.74, 6) is -0.646. The van der Waals surface area contributed by atoms with Crippen LogP contribution in [0.1, 0.15) is 21.5 Å². The first kappa shape index (κ1) is 13.4. The molecule has 0 fully saturated rings. The number of carboxylic acids is 1. The van der Waals surface area contributed by atoms with Gasteiger partial charge in [-0.1, -0.05) is 23.7 Å². The lowest BCUT2D eigenvalue weighted by atomic mass is 10.1. The Morgan fingerprint density at radius 1 is 1.37 bits per heavy atom. The van der Waals surface area contributed by atoms with Gasteiger partial charge in [0.15, 0.2) is 0 Å². The van der Waals surface area contributed by atoms with E-state index in [1.807, 2.05) is 25.1 Å². The van der Waals surface area contributed by atoms with Gasteiger partial charge in [-0.05, 0) is 36.2 Å². The molecular formula is C14H13ClN2O2. The third-order valence-electron chi connectivity index (χ3n) is 2.86. The molecular weight excluding hydrogens is 264 g/mol. The Balaban J connectivity index is 2.19. The normalized spacial score (nSPS) is 10.2. The van der Waals surface area contributed by atoms with E-state index in [0.717, 1.165) is 11.1 Å². The molecule has 2 rings (SSSR count). The van der Waals surface area contributed by atoms with Crippen LogP contribution in [-0.2, 0) is 6.54 Å². The number of benzene rings is 1. The summed E-state index contributed by atoms with van der Waals surface area (Å²) in [5, 5.41) is 12.8. The zero-order valence-electron chi connectivity index (χ0n) is 10.4. The number of halogens is 1. The van der Waals surface area contributed by atoms with Crippen LogP contribution in [0.25, 0.3) is 0 Å². The van der Waals surface area contributed by atoms with Crippen molar-refractivity contribution in [3.05, 3.63) is 58.2 Å². The summed E-state index contributed by atoms with van der Waals surface area (Å²) in [6, 6.07) is 8.74. The highest BCUT2D eigenvalue weighted by molar-refractivity contribution is 6.31. The highest BCUT2D eigenvalue weighted by Crippen LogP contribution is 2.20. The van der Waals surface area contributed by atoms with E-state index in [4.69, 9.17) is 16.7 Å². The highest BCUT2D eigenvalue weighted by Gasteiger charge is 2.10. The third kappa shape index (κ3) is 3.03. The maximum absolute atomic E-state index is 11.1. The van der Waals surface area contributed by atoms with Crippen molar-refractivity contribution in [3.63, 3.8) is 0 Å². The number of nitrogens with one attached hydrogen (secondary N) is 1. The maximum Gasteiger partial charge on any atom is 0.339 e. The first-order valence-corrected chi connectivity index (χ1v) is 6.13. The average molecular weight is 277 g/mol. The minimum Gasteiger partial charge on any atom is -0.478 e. The molecule has 0 atom stereocenters. The summed E-state index contributed by atoms with van der Waals surface area (Å²) in [5.41, 5.74) is 2.14. The zero-order valence-corrected chi connectivity index (χ0v) is 11.1. The topological polar surface area (TPSA) is 62.2 Å². The second kappa shape index (κ2) is 5.71. The quantitative estimate of drug-likeness (QED) is 0.899. The number of carbonyl (C=O) groups is 1. The van der Waals surface area contributed by atoms with Crippen molar-refractivity contribution in [2.45, 2.75) is 13.5 Å². The molecule has 0 unspecified atom stereocenters. The third-order valence-corrected chi connectivity index (χ3v) is 3.27. The van der Waals surface area contributed by atoms with E-state index in [0.29, 0.717) is 17.4 Å². The van der Waals surface area contributed by atoms with Crippen LogP contribution in [0.5, 0.6) is 0 Å². The number of hydrogen-bond acceptors (Lipinski definition) is 3. The van der Waals surface area contributed by atoms with Gasteiger partial charge >= 0.3 is 5.97 Å². The van der Waals surface area contributed by atoms with Crippen LogP contribution in [0.2, 0.25) is 5.02 Å². The molecule has 98 valence electrons. The van der Waals surface area contributed by atoms with Crippen LogP contribution in [0.3, 0.4) is 0 Å². The number of aromatic nitrogens is 1. The van der Waals surface area contributed by atoms with E-state index in [1.165, 1.54) is 6.07 Å². The van der Waals surface area contributed by atoms with Gasteiger partial charge in [-0.3, -0.25) is 0 Å². The molecule has 0 spiro atoms. The molecule has 5 heteroatoms. The van der Waals surface area contributed by atoms with Crippen molar-refractivity contribution >= 4 is 23.4 Å². The first-order chi connectivity index (χ1) is 9.09. The Bertz CT molecular complexity index is 614. The molecule has 4 nitrogen and oxygen atoms in total. The van der Waals surface area contributed by atoms with Gasteiger partial charge in [-0.25, -0.2) is 9.78 Å². The van der Waals surface area contributed by atoms with Gasteiger partial charge in [0.25, 0.3) is 0 Å².